The molecular weight excluding hydrogens is 292 g/mol. The van der Waals surface area contributed by atoms with Crippen LogP contribution in [0.2, 0.25) is 0 Å². The molecule has 0 spiro atoms. The topological polar surface area (TPSA) is 58.9 Å². The fourth-order valence-corrected chi connectivity index (χ4v) is 2.28. The maximum atomic E-state index is 10.1. The highest BCUT2D eigenvalue weighted by Gasteiger charge is 2.14. The Labute approximate surface area is 135 Å². The maximum absolute atomic E-state index is 10.1. The van der Waals surface area contributed by atoms with Crippen LogP contribution in [0.15, 0.2) is 55.1 Å². The molecule has 0 aromatic heterocycles. The second-order valence-corrected chi connectivity index (χ2v) is 4.99. The summed E-state index contributed by atoms with van der Waals surface area (Å²) in [6.07, 6.45) is 5.66. The van der Waals surface area contributed by atoms with E-state index in [9.17, 15) is 10.2 Å². The van der Waals surface area contributed by atoms with Gasteiger partial charge in [-0.05, 0) is 35.4 Å². The summed E-state index contributed by atoms with van der Waals surface area (Å²) in [6, 6.07) is 10.3. The highest BCUT2D eigenvalue weighted by Crippen LogP contribution is 2.39. The number of hydrogen-bond donors (Lipinski definition) is 2. The number of ether oxygens (including phenoxy) is 2. The molecular formula is C19H20O4. The van der Waals surface area contributed by atoms with Gasteiger partial charge in [-0.25, -0.2) is 0 Å². The van der Waals surface area contributed by atoms with E-state index in [1.165, 1.54) is 14.2 Å². The fourth-order valence-electron chi connectivity index (χ4n) is 2.28. The van der Waals surface area contributed by atoms with Crippen LogP contribution in [0, 0.1) is 0 Å². The summed E-state index contributed by atoms with van der Waals surface area (Å²) in [5.41, 5.74) is 1.80. The van der Waals surface area contributed by atoms with Gasteiger partial charge in [0.15, 0.2) is 11.5 Å². The first-order valence-corrected chi connectivity index (χ1v) is 7.13. The monoisotopic (exact) mass is 312 g/mol. The summed E-state index contributed by atoms with van der Waals surface area (Å²) in [5, 5.41) is 19.4. The molecule has 120 valence electrons. The third-order valence-electron chi connectivity index (χ3n) is 3.51. The van der Waals surface area contributed by atoms with E-state index in [1.54, 1.807) is 24.3 Å². The second kappa shape index (κ2) is 7.40. The van der Waals surface area contributed by atoms with E-state index < -0.39 is 0 Å². The molecule has 2 N–H and O–H groups in total. The average molecular weight is 312 g/mol. The first kappa shape index (κ1) is 16.5. The van der Waals surface area contributed by atoms with Crippen molar-refractivity contribution < 1.29 is 19.7 Å². The minimum atomic E-state index is -0.102. The SMILES string of the molecule is C=CC(C=Cc1ccc(O)cc1)c1cc(O)c(OC)c(OC)c1. The lowest BCUT2D eigenvalue weighted by molar-refractivity contribution is 0.332. The van der Waals surface area contributed by atoms with Gasteiger partial charge in [-0.15, -0.1) is 6.58 Å². The van der Waals surface area contributed by atoms with E-state index in [4.69, 9.17) is 9.47 Å². The lowest BCUT2D eigenvalue weighted by Gasteiger charge is -2.14. The van der Waals surface area contributed by atoms with Gasteiger partial charge in [0.25, 0.3) is 0 Å². The molecule has 0 fully saturated rings. The van der Waals surface area contributed by atoms with Crippen LogP contribution in [0.5, 0.6) is 23.0 Å². The Morgan fingerprint density at radius 1 is 1.04 bits per heavy atom. The third kappa shape index (κ3) is 3.86. The summed E-state index contributed by atoms with van der Waals surface area (Å²) in [4.78, 5) is 0. The fraction of sp³-hybridized carbons (Fsp3) is 0.158. The predicted octanol–water partition coefficient (Wildman–Crippen LogP) is 4.10. The zero-order valence-corrected chi connectivity index (χ0v) is 13.2. The van der Waals surface area contributed by atoms with Gasteiger partial charge < -0.3 is 19.7 Å². The van der Waals surface area contributed by atoms with Crippen LogP contribution in [0.4, 0.5) is 0 Å². The number of methoxy groups -OCH3 is 2. The number of hydrogen-bond acceptors (Lipinski definition) is 4. The number of aromatic hydroxyl groups is 2. The van der Waals surface area contributed by atoms with Gasteiger partial charge in [-0.2, -0.15) is 0 Å². The molecule has 0 aliphatic carbocycles. The Morgan fingerprint density at radius 3 is 2.30 bits per heavy atom. The van der Waals surface area contributed by atoms with Gasteiger partial charge in [-0.1, -0.05) is 30.4 Å². The molecule has 1 atom stereocenters. The van der Waals surface area contributed by atoms with Gasteiger partial charge in [0.05, 0.1) is 14.2 Å². The predicted molar refractivity (Wildman–Crippen MR) is 91.3 cm³/mol. The van der Waals surface area contributed by atoms with Crippen LogP contribution in [0.3, 0.4) is 0 Å². The summed E-state index contributed by atoms with van der Waals surface area (Å²) in [7, 11) is 3.00. The highest BCUT2D eigenvalue weighted by atomic mass is 16.5. The van der Waals surface area contributed by atoms with Crippen LogP contribution >= 0.6 is 0 Å². The molecule has 0 aliphatic heterocycles. The first-order chi connectivity index (χ1) is 11.1. The number of phenols is 2. The van der Waals surface area contributed by atoms with Crippen LogP contribution in [-0.2, 0) is 0 Å². The van der Waals surface area contributed by atoms with Crippen LogP contribution in [-0.4, -0.2) is 24.4 Å². The summed E-state index contributed by atoms with van der Waals surface area (Å²) in [6.45, 7) is 3.85. The minimum Gasteiger partial charge on any atom is -0.508 e. The van der Waals surface area contributed by atoms with E-state index in [1.807, 2.05) is 30.4 Å². The van der Waals surface area contributed by atoms with Crippen molar-refractivity contribution in [3.05, 3.63) is 66.3 Å². The normalized spacial score (nSPS) is 12.1. The molecule has 2 rings (SSSR count). The number of allylic oxidation sites excluding steroid dienone is 2. The minimum absolute atomic E-state index is 0.0201. The molecule has 0 amide bonds. The molecule has 2 aromatic carbocycles. The second-order valence-electron chi connectivity index (χ2n) is 4.99. The van der Waals surface area contributed by atoms with E-state index in [2.05, 4.69) is 6.58 Å². The van der Waals surface area contributed by atoms with Crippen LogP contribution in [0.1, 0.15) is 17.0 Å². The largest absolute Gasteiger partial charge is 0.508 e. The maximum Gasteiger partial charge on any atom is 0.203 e. The molecule has 23 heavy (non-hydrogen) atoms. The van der Waals surface area contributed by atoms with E-state index in [0.29, 0.717) is 11.5 Å². The molecule has 0 aliphatic rings. The molecule has 0 bridgehead atoms. The van der Waals surface area contributed by atoms with Crippen molar-refractivity contribution >= 4 is 6.08 Å². The van der Waals surface area contributed by atoms with Crippen molar-refractivity contribution in [1.29, 1.82) is 0 Å². The third-order valence-corrected chi connectivity index (χ3v) is 3.51. The van der Waals surface area contributed by atoms with Gasteiger partial charge in [-0.3, -0.25) is 0 Å². The molecule has 1 unspecified atom stereocenters. The quantitative estimate of drug-likeness (QED) is 0.789. The van der Waals surface area contributed by atoms with Crippen LogP contribution < -0.4 is 9.47 Å². The Morgan fingerprint density at radius 2 is 1.74 bits per heavy atom. The van der Waals surface area contributed by atoms with Crippen molar-refractivity contribution in [2.75, 3.05) is 14.2 Å². The van der Waals surface area contributed by atoms with E-state index in [-0.39, 0.29) is 17.4 Å². The van der Waals surface area contributed by atoms with Crippen molar-refractivity contribution in [3.8, 4) is 23.0 Å². The summed E-state index contributed by atoms with van der Waals surface area (Å²) >= 11 is 0. The Kier molecular flexibility index (Phi) is 5.31. The Hall–Kier alpha value is -2.88. The Balaban J connectivity index is 2.32. The van der Waals surface area contributed by atoms with E-state index >= 15 is 0 Å². The van der Waals surface area contributed by atoms with E-state index in [0.717, 1.165) is 11.1 Å². The lowest BCUT2D eigenvalue weighted by atomic mass is 9.97. The van der Waals surface area contributed by atoms with Crippen molar-refractivity contribution in [3.63, 3.8) is 0 Å². The molecule has 0 heterocycles. The zero-order valence-electron chi connectivity index (χ0n) is 13.2. The van der Waals surface area contributed by atoms with Gasteiger partial charge >= 0.3 is 0 Å². The average Bonchev–Trinajstić information content (AvgIpc) is 2.56. The number of benzene rings is 2. The van der Waals surface area contributed by atoms with Gasteiger partial charge in [0.2, 0.25) is 5.75 Å². The Bertz CT molecular complexity index is 702. The van der Waals surface area contributed by atoms with Gasteiger partial charge in [0.1, 0.15) is 5.75 Å². The van der Waals surface area contributed by atoms with Crippen LogP contribution in [0.25, 0.3) is 6.08 Å². The molecule has 2 aromatic rings. The van der Waals surface area contributed by atoms with Crippen molar-refractivity contribution in [2.45, 2.75) is 5.92 Å². The van der Waals surface area contributed by atoms with Crippen molar-refractivity contribution in [2.24, 2.45) is 0 Å². The summed E-state index contributed by atoms with van der Waals surface area (Å²) in [5.74, 6) is 0.919. The standard InChI is InChI=1S/C19H20O4/c1-4-14(8-5-13-6-9-16(20)10-7-13)15-11-17(21)19(23-3)18(12-15)22-2/h4-12,14,20-21H,1H2,2-3H3. The zero-order chi connectivity index (χ0) is 16.8. The number of rotatable bonds is 6. The summed E-state index contributed by atoms with van der Waals surface area (Å²) < 4.78 is 10.4. The smallest absolute Gasteiger partial charge is 0.203 e. The highest BCUT2D eigenvalue weighted by molar-refractivity contribution is 5.57. The lowest BCUT2D eigenvalue weighted by Crippen LogP contribution is -1.96. The molecule has 4 nitrogen and oxygen atoms in total. The first-order valence-electron chi connectivity index (χ1n) is 7.13. The molecule has 4 heteroatoms. The molecule has 0 saturated heterocycles. The van der Waals surface area contributed by atoms with Gasteiger partial charge in [0, 0.05) is 5.92 Å². The number of phenolic OH excluding ortho intramolecular Hbond substituents is 2. The van der Waals surface area contributed by atoms with Crippen molar-refractivity contribution in [1.82, 2.24) is 0 Å². The molecule has 0 saturated carbocycles. The molecule has 0 radical (unpaired) electrons.